The van der Waals surface area contributed by atoms with Crippen LogP contribution in [0.25, 0.3) is 0 Å². The first-order valence-electron chi connectivity index (χ1n) is 5.52. The van der Waals surface area contributed by atoms with Gasteiger partial charge in [-0.1, -0.05) is 30.3 Å². The molecular weight excluding hydrogens is 200 g/mol. The third-order valence-electron chi connectivity index (χ3n) is 3.43. The van der Waals surface area contributed by atoms with Crippen molar-refractivity contribution in [3.05, 3.63) is 35.9 Å². The van der Waals surface area contributed by atoms with Gasteiger partial charge in [-0.15, -0.1) is 0 Å². The molecule has 0 spiro atoms. The van der Waals surface area contributed by atoms with Crippen LogP contribution in [0.4, 0.5) is 0 Å². The molecule has 1 saturated heterocycles. The number of hydrogen-bond donors (Lipinski definition) is 1. The summed E-state index contributed by atoms with van der Waals surface area (Å²) in [7, 11) is 1.97. The number of benzene rings is 1. The van der Waals surface area contributed by atoms with Crippen molar-refractivity contribution in [2.24, 2.45) is 0 Å². The van der Waals surface area contributed by atoms with Crippen LogP contribution in [0.1, 0.15) is 12.0 Å². The van der Waals surface area contributed by atoms with Crippen LogP contribution in [0, 0.1) is 11.3 Å². The summed E-state index contributed by atoms with van der Waals surface area (Å²) < 4.78 is 0. The molecule has 1 fully saturated rings. The van der Waals surface area contributed by atoms with Gasteiger partial charge in [-0.25, -0.2) is 0 Å². The maximum Gasteiger partial charge on any atom is 0.110 e. The first kappa shape index (κ1) is 11.1. The second kappa shape index (κ2) is 4.25. The Bertz CT molecular complexity index is 398. The summed E-state index contributed by atoms with van der Waals surface area (Å²) in [5.41, 5.74) is 0.200. The second-order valence-electron chi connectivity index (χ2n) is 4.48. The van der Waals surface area contributed by atoms with Gasteiger partial charge in [0.2, 0.25) is 0 Å². The minimum absolute atomic E-state index is 0.558. The van der Waals surface area contributed by atoms with E-state index in [0.717, 1.165) is 12.1 Å². The van der Waals surface area contributed by atoms with Crippen molar-refractivity contribution in [3.63, 3.8) is 0 Å². The van der Waals surface area contributed by atoms with Gasteiger partial charge < -0.3 is 10.0 Å². The third kappa shape index (κ3) is 1.71. The minimum atomic E-state index is -0.728. The van der Waals surface area contributed by atoms with E-state index in [9.17, 15) is 10.4 Å². The van der Waals surface area contributed by atoms with Gasteiger partial charge in [-0.2, -0.15) is 5.26 Å². The Balaban J connectivity index is 2.37. The van der Waals surface area contributed by atoms with Crippen molar-refractivity contribution in [1.29, 1.82) is 5.26 Å². The van der Waals surface area contributed by atoms with Gasteiger partial charge in [0, 0.05) is 6.54 Å². The molecule has 2 rings (SSSR count). The Hall–Kier alpha value is -1.37. The summed E-state index contributed by atoms with van der Waals surface area (Å²) in [6.07, 6.45) is 0.0733. The van der Waals surface area contributed by atoms with Gasteiger partial charge in [0.05, 0.1) is 12.2 Å². The van der Waals surface area contributed by atoms with E-state index in [4.69, 9.17) is 0 Å². The molecule has 2 unspecified atom stereocenters. The molecule has 1 N–H and O–H groups in total. The van der Waals surface area contributed by atoms with Crippen LogP contribution in [0.3, 0.4) is 0 Å². The Morgan fingerprint density at radius 3 is 2.69 bits per heavy atom. The van der Waals surface area contributed by atoms with Crippen LogP contribution in [0.2, 0.25) is 0 Å². The smallest absolute Gasteiger partial charge is 0.110 e. The molecular formula is C13H16N2O. The highest BCUT2D eigenvalue weighted by Gasteiger charge is 2.43. The Morgan fingerprint density at radius 2 is 2.12 bits per heavy atom. The summed E-state index contributed by atoms with van der Waals surface area (Å²) in [6, 6.07) is 11.9. The van der Waals surface area contributed by atoms with Crippen molar-refractivity contribution in [1.82, 2.24) is 4.90 Å². The predicted octanol–water partition coefficient (Wildman–Crippen LogP) is 1.14. The van der Waals surface area contributed by atoms with Crippen molar-refractivity contribution >= 4 is 0 Å². The molecule has 0 saturated carbocycles. The van der Waals surface area contributed by atoms with Crippen molar-refractivity contribution < 1.29 is 5.11 Å². The molecule has 2 atom stereocenters. The lowest BCUT2D eigenvalue weighted by Crippen LogP contribution is -2.51. The van der Waals surface area contributed by atoms with Crippen molar-refractivity contribution in [2.75, 3.05) is 20.1 Å². The zero-order chi connectivity index (χ0) is 11.6. The fourth-order valence-corrected chi connectivity index (χ4v) is 2.34. The standard InChI is InChI=1S/C13H16N2O/c1-15-8-7-13(10-14,12(16)9-15)11-5-3-2-4-6-11/h2-6,12,16H,7-9H2,1H3. The number of β-amino-alcohol motifs (C(OH)–C–C–N with tert-alkyl or cyclic N) is 1. The first-order valence-corrected chi connectivity index (χ1v) is 5.52. The Labute approximate surface area is 95.9 Å². The largest absolute Gasteiger partial charge is 0.390 e. The summed E-state index contributed by atoms with van der Waals surface area (Å²) in [5.74, 6) is 0. The van der Waals surface area contributed by atoms with E-state index in [2.05, 4.69) is 11.0 Å². The molecule has 3 heteroatoms. The quantitative estimate of drug-likeness (QED) is 0.766. The topological polar surface area (TPSA) is 47.3 Å². The molecule has 1 aliphatic rings. The van der Waals surface area contributed by atoms with Gasteiger partial charge >= 0.3 is 0 Å². The van der Waals surface area contributed by atoms with Crippen LogP contribution in [-0.4, -0.2) is 36.2 Å². The number of rotatable bonds is 1. The molecule has 0 radical (unpaired) electrons. The molecule has 1 aliphatic heterocycles. The molecule has 16 heavy (non-hydrogen) atoms. The minimum Gasteiger partial charge on any atom is -0.390 e. The molecule has 0 amide bonds. The van der Waals surface area contributed by atoms with Gasteiger partial charge in [0.15, 0.2) is 0 Å². The molecule has 0 bridgehead atoms. The van der Waals surface area contributed by atoms with Gasteiger partial charge in [-0.3, -0.25) is 0 Å². The number of likely N-dealkylation sites (N-methyl/N-ethyl adjacent to an activating group) is 1. The zero-order valence-corrected chi connectivity index (χ0v) is 9.43. The summed E-state index contributed by atoms with van der Waals surface area (Å²) in [4.78, 5) is 2.06. The number of nitriles is 1. The summed E-state index contributed by atoms with van der Waals surface area (Å²) >= 11 is 0. The van der Waals surface area contributed by atoms with Crippen molar-refractivity contribution in [2.45, 2.75) is 17.9 Å². The van der Waals surface area contributed by atoms with E-state index < -0.39 is 11.5 Å². The average molecular weight is 216 g/mol. The highest BCUT2D eigenvalue weighted by Crippen LogP contribution is 2.34. The third-order valence-corrected chi connectivity index (χ3v) is 3.43. The lowest BCUT2D eigenvalue weighted by molar-refractivity contribution is 0.0341. The lowest BCUT2D eigenvalue weighted by Gasteiger charge is -2.40. The molecule has 0 aliphatic carbocycles. The van der Waals surface area contributed by atoms with E-state index >= 15 is 0 Å². The first-order chi connectivity index (χ1) is 7.69. The number of likely N-dealkylation sites (tertiary alicyclic amines) is 1. The number of piperidine rings is 1. The predicted molar refractivity (Wildman–Crippen MR) is 61.9 cm³/mol. The molecule has 1 aromatic rings. The van der Waals surface area contributed by atoms with Crippen LogP contribution < -0.4 is 0 Å². The van der Waals surface area contributed by atoms with Crippen LogP contribution in [-0.2, 0) is 5.41 Å². The molecule has 1 heterocycles. The highest BCUT2D eigenvalue weighted by molar-refractivity contribution is 5.35. The maximum atomic E-state index is 10.2. The van der Waals surface area contributed by atoms with E-state index in [1.54, 1.807) is 0 Å². The van der Waals surface area contributed by atoms with Crippen LogP contribution >= 0.6 is 0 Å². The Kier molecular flexibility index (Phi) is 2.95. The lowest BCUT2D eigenvalue weighted by atomic mass is 9.72. The molecule has 1 aromatic carbocycles. The number of aliphatic hydroxyl groups is 1. The fourth-order valence-electron chi connectivity index (χ4n) is 2.34. The SMILES string of the molecule is CN1CCC(C#N)(c2ccccc2)C(O)C1. The van der Waals surface area contributed by atoms with Crippen LogP contribution in [0.5, 0.6) is 0 Å². The maximum absolute atomic E-state index is 10.2. The Morgan fingerprint density at radius 1 is 1.44 bits per heavy atom. The van der Waals surface area contributed by atoms with Gasteiger partial charge in [0.25, 0.3) is 0 Å². The normalized spacial score (nSPS) is 30.9. The molecule has 3 nitrogen and oxygen atoms in total. The fraction of sp³-hybridized carbons (Fsp3) is 0.462. The van der Waals surface area contributed by atoms with Crippen LogP contribution in [0.15, 0.2) is 30.3 Å². The van der Waals surface area contributed by atoms with E-state index in [0.29, 0.717) is 13.0 Å². The molecule has 84 valence electrons. The summed E-state index contributed by atoms with van der Waals surface area (Å²) in [6.45, 7) is 1.40. The highest BCUT2D eigenvalue weighted by atomic mass is 16.3. The van der Waals surface area contributed by atoms with Crippen molar-refractivity contribution in [3.8, 4) is 6.07 Å². The molecule has 0 aromatic heterocycles. The number of hydrogen-bond acceptors (Lipinski definition) is 3. The van der Waals surface area contributed by atoms with Gasteiger partial charge in [-0.05, 0) is 25.6 Å². The average Bonchev–Trinajstić information content (AvgIpc) is 2.31. The number of nitrogens with zero attached hydrogens (tertiary/aromatic N) is 2. The zero-order valence-electron chi connectivity index (χ0n) is 9.43. The van der Waals surface area contributed by atoms with Gasteiger partial charge in [0.1, 0.15) is 5.41 Å². The number of aliphatic hydroxyl groups excluding tert-OH is 1. The van der Waals surface area contributed by atoms with E-state index in [1.165, 1.54) is 0 Å². The second-order valence-corrected chi connectivity index (χ2v) is 4.48. The monoisotopic (exact) mass is 216 g/mol. The van der Waals surface area contributed by atoms with E-state index in [1.807, 2.05) is 37.4 Å². The van der Waals surface area contributed by atoms with E-state index in [-0.39, 0.29) is 0 Å². The summed E-state index contributed by atoms with van der Waals surface area (Å²) in [5, 5.41) is 19.6.